The summed E-state index contributed by atoms with van der Waals surface area (Å²) in [7, 11) is 0. The monoisotopic (exact) mass is 234 g/mol. The van der Waals surface area contributed by atoms with Crippen LogP contribution in [0, 0.1) is 15.9 Å². The van der Waals surface area contributed by atoms with E-state index in [0.29, 0.717) is 6.42 Å². The fourth-order valence-corrected chi connectivity index (χ4v) is 1.15. The third-order valence-electron chi connectivity index (χ3n) is 2.03. The van der Waals surface area contributed by atoms with Crippen molar-refractivity contribution in [1.82, 2.24) is 0 Å². The highest BCUT2D eigenvalue weighted by Gasteiger charge is 2.14. The Bertz CT molecular complexity index is 360. The highest BCUT2D eigenvalue weighted by molar-refractivity contribution is 5.85. The molecule has 0 aliphatic carbocycles. The maximum atomic E-state index is 13.2. The first-order valence-electron chi connectivity index (χ1n) is 4.25. The second kappa shape index (κ2) is 5.63. The number of nitro benzene ring substituents is 1. The number of hydrogen-bond donors (Lipinski definition) is 1. The Balaban J connectivity index is 0.00000196. The van der Waals surface area contributed by atoms with E-state index in [2.05, 4.69) is 0 Å². The predicted octanol–water partition coefficient (Wildman–Crippen LogP) is 2.57. The molecule has 0 aliphatic heterocycles. The molecule has 2 N–H and O–H groups in total. The van der Waals surface area contributed by atoms with Gasteiger partial charge in [0.1, 0.15) is 5.82 Å². The van der Waals surface area contributed by atoms with Gasteiger partial charge < -0.3 is 5.73 Å². The third kappa shape index (κ3) is 3.14. The molecule has 4 nitrogen and oxygen atoms in total. The van der Waals surface area contributed by atoms with Gasteiger partial charge in [0.05, 0.1) is 4.92 Å². The molecule has 0 heterocycles. The first-order valence-corrected chi connectivity index (χ1v) is 4.25. The van der Waals surface area contributed by atoms with Crippen molar-refractivity contribution < 1.29 is 9.31 Å². The summed E-state index contributed by atoms with van der Waals surface area (Å²) in [5.74, 6) is -0.495. The molecule has 0 fully saturated rings. The number of nitro groups is 1. The van der Waals surface area contributed by atoms with E-state index in [-0.39, 0.29) is 23.7 Å². The molecule has 0 radical (unpaired) electrons. The lowest BCUT2D eigenvalue weighted by Gasteiger charge is -2.09. The largest absolute Gasteiger partial charge is 0.324 e. The molecule has 0 saturated carbocycles. The van der Waals surface area contributed by atoms with Gasteiger partial charge in [-0.05, 0) is 12.5 Å². The summed E-state index contributed by atoms with van der Waals surface area (Å²) in [6.07, 6.45) is 0.540. The summed E-state index contributed by atoms with van der Waals surface area (Å²) in [4.78, 5) is 9.85. The van der Waals surface area contributed by atoms with E-state index in [9.17, 15) is 14.5 Å². The van der Waals surface area contributed by atoms with Gasteiger partial charge in [0.25, 0.3) is 5.69 Å². The smallest absolute Gasteiger partial charge is 0.269 e. The van der Waals surface area contributed by atoms with Crippen LogP contribution in [-0.2, 0) is 0 Å². The van der Waals surface area contributed by atoms with Crippen molar-refractivity contribution in [2.75, 3.05) is 0 Å². The lowest BCUT2D eigenvalue weighted by molar-refractivity contribution is -0.385. The second-order valence-corrected chi connectivity index (χ2v) is 2.98. The fraction of sp³-hybridized carbons (Fsp3) is 0.333. The summed E-state index contributed by atoms with van der Waals surface area (Å²) >= 11 is 0. The Morgan fingerprint density at radius 2 is 2.20 bits per heavy atom. The third-order valence-corrected chi connectivity index (χ3v) is 2.03. The molecule has 0 aliphatic rings. The highest BCUT2D eigenvalue weighted by Crippen LogP contribution is 2.22. The zero-order valence-electron chi connectivity index (χ0n) is 8.14. The Hall–Kier alpha value is -1.20. The van der Waals surface area contributed by atoms with Crippen LogP contribution in [0.25, 0.3) is 0 Å². The number of non-ortho nitro benzene ring substituents is 1. The van der Waals surface area contributed by atoms with Crippen LogP contribution in [-0.4, -0.2) is 4.92 Å². The van der Waals surface area contributed by atoms with Gasteiger partial charge in [-0.1, -0.05) is 6.92 Å². The standard InChI is InChI=1S/C9H11FN2O2.ClH/c1-2-9(11)7-5-6(12(13)14)3-4-8(7)10;/h3-5,9H,2,11H2,1H3;1H/t9-;/m0./s1. The predicted molar refractivity (Wildman–Crippen MR) is 57.5 cm³/mol. The number of halogens is 2. The topological polar surface area (TPSA) is 69.2 Å². The van der Waals surface area contributed by atoms with Crippen molar-refractivity contribution in [2.45, 2.75) is 19.4 Å². The van der Waals surface area contributed by atoms with Crippen LogP contribution < -0.4 is 5.73 Å². The molecule has 0 spiro atoms. The number of rotatable bonds is 3. The summed E-state index contributed by atoms with van der Waals surface area (Å²) < 4.78 is 13.2. The average Bonchev–Trinajstić information content (AvgIpc) is 2.17. The average molecular weight is 235 g/mol. The molecular weight excluding hydrogens is 223 g/mol. The molecule has 0 aromatic heterocycles. The van der Waals surface area contributed by atoms with Crippen molar-refractivity contribution in [1.29, 1.82) is 0 Å². The van der Waals surface area contributed by atoms with Gasteiger partial charge in [0, 0.05) is 23.7 Å². The minimum absolute atomic E-state index is 0. The maximum absolute atomic E-state index is 13.2. The van der Waals surface area contributed by atoms with Crippen molar-refractivity contribution in [3.63, 3.8) is 0 Å². The van der Waals surface area contributed by atoms with E-state index in [0.717, 1.165) is 12.1 Å². The lowest BCUT2D eigenvalue weighted by atomic mass is 10.0. The number of nitrogens with two attached hydrogens (primary N) is 1. The van der Waals surface area contributed by atoms with Crippen molar-refractivity contribution >= 4 is 18.1 Å². The molecule has 6 heteroatoms. The molecule has 0 unspecified atom stereocenters. The van der Waals surface area contributed by atoms with Gasteiger partial charge >= 0.3 is 0 Å². The van der Waals surface area contributed by atoms with E-state index in [1.807, 2.05) is 0 Å². The molecule has 1 rings (SSSR count). The van der Waals surface area contributed by atoms with E-state index in [4.69, 9.17) is 5.73 Å². The summed E-state index contributed by atoms with van der Waals surface area (Å²) in [5.41, 5.74) is 5.66. The Morgan fingerprint density at radius 3 is 2.67 bits per heavy atom. The first-order chi connectivity index (χ1) is 6.56. The quantitative estimate of drug-likeness (QED) is 0.646. The molecule has 0 saturated heterocycles. The van der Waals surface area contributed by atoms with Crippen molar-refractivity contribution in [3.05, 3.63) is 39.7 Å². The van der Waals surface area contributed by atoms with Crippen LogP contribution in [0.1, 0.15) is 24.9 Å². The van der Waals surface area contributed by atoms with E-state index in [1.54, 1.807) is 6.92 Å². The summed E-state index contributed by atoms with van der Waals surface area (Å²) in [6, 6.07) is 2.89. The molecule has 1 aromatic rings. The van der Waals surface area contributed by atoms with Crippen LogP contribution in [0.4, 0.5) is 10.1 Å². The zero-order chi connectivity index (χ0) is 10.7. The second-order valence-electron chi connectivity index (χ2n) is 2.98. The Kier molecular flexibility index (Phi) is 5.18. The van der Waals surface area contributed by atoms with Crippen molar-refractivity contribution in [3.8, 4) is 0 Å². The Morgan fingerprint density at radius 1 is 1.60 bits per heavy atom. The Labute approximate surface area is 92.8 Å². The fourth-order valence-electron chi connectivity index (χ4n) is 1.15. The summed E-state index contributed by atoms with van der Waals surface area (Å²) in [6.45, 7) is 1.79. The zero-order valence-corrected chi connectivity index (χ0v) is 8.96. The molecular formula is C9H12ClFN2O2. The van der Waals surface area contributed by atoms with Gasteiger partial charge in [0.2, 0.25) is 0 Å². The minimum Gasteiger partial charge on any atom is -0.324 e. The number of nitrogens with zero attached hydrogens (tertiary/aromatic N) is 1. The molecule has 1 atom stereocenters. The van der Waals surface area contributed by atoms with E-state index in [1.165, 1.54) is 6.07 Å². The minimum atomic E-state index is -0.564. The van der Waals surface area contributed by atoms with Gasteiger partial charge in [-0.3, -0.25) is 10.1 Å². The molecule has 15 heavy (non-hydrogen) atoms. The normalized spacial score (nSPS) is 11.7. The SMILES string of the molecule is CC[C@H](N)c1cc([N+](=O)[O-])ccc1F.Cl. The van der Waals surface area contributed by atoms with E-state index < -0.39 is 16.8 Å². The van der Waals surface area contributed by atoms with Gasteiger partial charge in [-0.25, -0.2) is 4.39 Å². The van der Waals surface area contributed by atoms with E-state index >= 15 is 0 Å². The lowest BCUT2D eigenvalue weighted by Crippen LogP contribution is -2.11. The molecule has 0 amide bonds. The van der Waals surface area contributed by atoms with Crippen LogP contribution in [0.15, 0.2) is 18.2 Å². The van der Waals surface area contributed by atoms with Gasteiger partial charge in [-0.15, -0.1) is 12.4 Å². The summed E-state index contributed by atoms with van der Waals surface area (Å²) in [5, 5.41) is 10.4. The van der Waals surface area contributed by atoms with Crippen LogP contribution in [0.5, 0.6) is 0 Å². The van der Waals surface area contributed by atoms with Gasteiger partial charge in [0.15, 0.2) is 0 Å². The van der Waals surface area contributed by atoms with Crippen LogP contribution in [0.2, 0.25) is 0 Å². The van der Waals surface area contributed by atoms with Crippen molar-refractivity contribution in [2.24, 2.45) is 5.73 Å². The first kappa shape index (κ1) is 13.8. The molecule has 84 valence electrons. The number of benzene rings is 1. The number of hydrogen-bond acceptors (Lipinski definition) is 3. The maximum Gasteiger partial charge on any atom is 0.269 e. The van der Waals surface area contributed by atoms with Crippen LogP contribution in [0.3, 0.4) is 0 Å². The van der Waals surface area contributed by atoms with Crippen LogP contribution >= 0.6 is 12.4 Å². The molecule has 0 bridgehead atoms. The highest BCUT2D eigenvalue weighted by atomic mass is 35.5. The molecule has 1 aromatic carbocycles. The van der Waals surface area contributed by atoms with Gasteiger partial charge in [-0.2, -0.15) is 0 Å².